The van der Waals surface area contributed by atoms with E-state index >= 15 is 0 Å². The summed E-state index contributed by atoms with van der Waals surface area (Å²) in [6.07, 6.45) is 0. The van der Waals surface area contributed by atoms with Crippen LogP contribution in [-0.2, 0) is 19.6 Å². The molecule has 1 heterocycles. The molecule has 6 nitrogen and oxygen atoms in total. The molecule has 4 aromatic rings. The largest absolute Gasteiger partial charge is 0.497 e. The van der Waals surface area contributed by atoms with E-state index in [1.807, 2.05) is 79.2 Å². The number of nitrogens with zero attached hydrogens (tertiary/aromatic N) is 2. The molecule has 1 aromatic heterocycles. The predicted molar refractivity (Wildman–Crippen MR) is 134 cm³/mol. The van der Waals surface area contributed by atoms with Gasteiger partial charge in [0, 0.05) is 36.1 Å². The fourth-order valence-corrected chi connectivity index (χ4v) is 4.42. The van der Waals surface area contributed by atoms with Gasteiger partial charge in [-0.1, -0.05) is 36.4 Å². The minimum atomic E-state index is -0.924. The molecule has 34 heavy (non-hydrogen) atoms. The molecule has 0 radical (unpaired) electrons. The first-order valence-electron chi connectivity index (χ1n) is 11.2. The minimum absolute atomic E-state index is 0.328. The van der Waals surface area contributed by atoms with Gasteiger partial charge < -0.3 is 19.1 Å². The second-order valence-corrected chi connectivity index (χ2v) is 8.61. The van der Waals surface area contributed by atoms with Crippen molar-refractivity contribution in [3.8, 4) is 11.5 Å². The summed E-state index contributed by atoms with van der Waals surface area (Å²) in [5.41, 5.74) is 5.29. The van der Waals surface area contributed by atoms with Gasteiger partial charge in [-0.25, -0.2) is 4.79 Å². The maximum atomic E-state index is 12.5. The number of aromatic carboxylic acids is 1. The van der Waals surface area contributed by atoms with Gasteiger partial charge in [0.2, 0.25) is 0 Å². The van der Waals surface area contributed by atoms with E-state index in [9.17, 15) is 9.90 Å². The van der Waals surface area contributed by atoms with Gasteiger partial charge in [-0.15, -0.1) is 0 Å². The van der Waals surface area contributed by atoms with E-state index in [1.54, 1.807) is 14.2 Å². The lowest BCUT2D eigenvalue weighted by Gasteiger charge is -2.18. The number of hydrogen-bond acceptors (Lipinski definition) is 4. The zero-order valence-corrected chi connectivity index (χ0v) is 20.0. The van der Waals surface area contributed by atoms with Crippen LogP contribution in [0.1, 0.15) is 32.7 Å². The van der Waals surface area contributed by atoms with Crippen LogP contribution in [0.4, 0.5) is 0 Å². The topological polar surface area (TPSA) is 63.9 Å². The highest BCUT2D eigenvalue weighted by molar-refractivity contribution is 5.98. The van der Waals surface area contributed by atoms with E-state index in [2.05, 4.69) is 11.0 Å². The molecule has 0 fully saturated rings. The second-order valence-electron chi connectivity index (χ2n) is 8.61. The summed E-state index contributed by atoms with van der Waals surface area (Å²) in [5.74, 6) is 0.658. The lowest BCUT2D eigenvalue weighted by atomic mass is 10.1. The van der Waals surface area contributed by atoms with Crippen LogP contribution in [0.15, 0.2) is 66.7 Å². The molecular weight excluding hydrogens is 428 g/mol. The number of benzene rings is 3. The Morgan fingerprint density at radius 3 is 2.32 bits per heavy atom. The number of hydrogen-bond donors (Lipinski definition) is 1. The first kappa shape index (κ1) is 23.4. The molecule has 0 saturated carbocycles. The molecule has 0 bridgehead atoms. The molecule has 0 atom stereocenters. The Labute approximate surface area is 200 Å². The van der Waals surface area contributed by atoms with Crippen molar-refractivity contribution in [1.82, 2.24) is 9.47 Å². The monoisotopic (exact) mass is 458 g/mol. The smallest absolute Gasteiger partial charge is 0.352 e. The fraction of sp³-hybridized carbons (Fsp3) is 0.250. The van der Waals surface area contributed by atoms with Gasteiger partial charge in [0.05, 0.1) is 14.2 Å². The Balaban J connectivity index is 1.73. The van der Waals surface area contributed by atoms with Gasteiger partial charge in [-0.2, -0.15) is 0 Å². The molecule has 4 rings (SSSR count). The SMILES string of the molecule is COc1ccc(Cn2c(C(=O)O)c(CN(C)Cc3cccc(OC)c3)c3ccc(C)cc32)cc1. The predicted octanol–water partition coefficient (Wildman–Crippen LogP) is 5.35. The van der Waals surface area contributed by atoms with E-state index in [0.29, 0.717) is 25.3 Å². The summed E-state index contributed by atoms with van der Waals surface area (Å²) in [6, 6.07) is 21.8. The highest BCUT2D eigenvalue weighted by Gasteiger charge is 2.23. The summed E-state index contributed by atoms with van der Waals surface area (Å²) in [7, 11) is 5.29. The molecule has 0 amide bonds. The first-order chi connectivity index (χ1) is 16.4. The zero-order chi connectivity index (χ0) is 24.2. The molecule has 0 unspecified atom stereocenters. The van der Waals surface area contributed by atoms with E-state index in [-0.39, 0.29) is 0 Å². The number of carboxylic acids is 1. The van der Waals surface area contributed by atoms with Crippen LogP contribution < -0.4 is 9.47 Å². The quantitative estimate of drug-likeness (QED) is 0.367. The molecular formula is C28H30N2O4. The van der Waals surface area contributed by atoms with Gasteiger partial charge in [-0.3, -0.25) is 4.90 Å². The van der Waals surface area contributed by atoms with E-state index in [0.717, 1.165) is 44.7 Å². The lowest BCUT2D eigenvalue weighted by molar-refractivity contribution is 0.0684. The van der Waals surface area contributed by atoms with Crippen molar-refractivity contribution in [2.45, 2.75) is 26.6 Å². The van der Waals surface area contributed by atoms with Crippen molar-refractivity contribution in [3.05, 3.63) is 94.7 Å². The summed E-state index contributed by atoms with van der Waals surface area (Å²) < 4.78 is 12.5. The van der Waals surface area contributed by atoms with Crippen molar-refractivity contribution in [2.75, 3.05) is 21.3 Å². The number of carboxylic acid groups (broad SMARTS) is 1. The van der Waals surface area contributed by atoms with Crippen LogP contribution in [0.25, 0.3) is 10.9 Å². The van der Waals surface area contributed by atoms with Crippen LogP contribution >= 0.6 is 0 Å². The molecule has 176 valence electrons. The third kappa shape index (κ3) is 4.92. The van der Waals surface area contributed by atoms with E-state index in [1.165, 1.54) is 0 Å². The van der Waals surface area contributed by atoms with Crippen molar-refractivity contribution < 1.29 is 19.4 Å². The van der Waals surface area contributed by atoms with Gasteiger partial charge in [0.15, 0.2) is 0 Å². The zero-order valence-electron chi connectivity index (χ0n) is 20.0. The Hall–Kier alpha value is -3.77. The normalized spacial score (nSPS) is 11.2. The number of rotatable bonds is 9. The Morgan fingerprint density at radius 1 is 0.912 bits per heavy atom. The average molecular weight is 459 g/mol. The second kappa shape index (κ2) is 10.0. The van der Waals surface area contributed by atoms with Crippen LogP contribution in [0.3, 0.4) is 0 Å². The lowest BCUT2D eigenvalue weighted by Crippen LogP contribution is -2.20. The fourth-order valence-electron chi connectivity index (χ4n) is 4.42. The Morgan fingerprint density at radius 2 is 1.65 bits per heavy atom. The van der Waals surface area contributed by atoms with Crippen LogP contribution in [0, 0.1) is 6.92 Å². The van der Waals surface area contributed by atoms with Crippen molar-refractivity contribution in [1.29, 1.82) is 0 Å². The minimum Gasteiger partial charge on any atom is -0.497 e. The number of ether oxygens (including phenoxy) is 2. The molecule has 0 spiro atoms. The van der Waals surface area contributed by atoms with Crippen LogP contribution in [-0.4, -0.2) is 41.8 Å². The van der Waals surface area contributed by atoms with Crippen molar-refractivity contribution >= 4 is 16.9 Å². The number of aryl methyl sites for hydroxylation is 1. The maximum Gasteiger partial charge on any atom is 0.352 e. The third-order valence-electron chi connectivity index (χ3n) is 6.04. The first-order valence-corrected chi connectivity index (χ1v) is 11.2. The Bertz CT molecular complexity index is 1310. The Kier molecular flexibility index (Phi) is 6.89. The van der Waals surface area contributed by atoms with Gasteiger partial charge in [0.1, 0.15) is 17.2 Å². The molecule has 6 heteroatoms. The molecule has 3 aromatic carbocycles. The van der Waals surface area contributed by atoms with Gasteiger partial charge >= 0.3 is 5.97 Å². The van der Waals surface area contributed by atoms with Crippen LogP contribution in [0.5, 0.6) is 11.5 Å². The summed E-state index contributed by atoms with van der Waals surface area (Å²) in [5, 5.41) is 11.2. The molecule has 0 aliphatic carbocycles. The molecule has 0 aliphatic heterocycles. The summed E-state index contributed by atoms with van der Waals surface area (Å²) in [4.78, 5) is 14.7. The number of carbonyl (C=O) groups is 1. The average Bonchev–Trinajstić information content (AvgIpc) is 3.11. The molecule has 0 aliphatic rings. The third-order valence-corrected chi connectivity index (χ3v) is 6.04. The molecule has 1 N–H and O–H groups in total. The van der Waals surface area contributed by atoms with Gasteiger partial charge in [-0.05, 0) is 61.0 Å². The molecule has 0 saturated heterocycles. The number of fused-ring (bicyclic) bond motifs is 1. The van der Waals surface area contributed by atoms with Gasteiger partial charge in [0.25, 0.3) is 0 Å². The van der Waals surface area contributed by atoms with Crippen molar-refractivity contribution in [3.63, 3.8) is 0 Å². The van der Waals surface area contributed by atoms with Crippen LogP contribution in [0.2, 0.25) is 0 Å². The number of aromatic nitrogens is 1. The van der Waals surface area contributed by atoms with Crippen molar-refractivity contribution in [2.24, 2.45) is 0 Å². The summed E-state index contributed by atoms with van der Waals surface area (Å²) in [6.45, 7) is 3.67. The highest BCUT2D eigenvalue weighted by Crippen LogP contribution is 2.30. The maximum absolute atomic E-state index is 12.5. The van der Waals surface area contributed by atoms with E-state index in [4.69, 9.17) is 9.47 Å². The highest BCUT2D eigenvalue weighted by atomic mass is 16.5. The number of methoxy groups -OCH3 is 2. The van der Waals surface area contributed by atoms with E-state index < -0.39 is 5.97 Å². The summed E-state index contributed by atoms with van der Waals surface area (Å²) >= 11 is 0. The standard InChI is InChI=1S/C28H30N2O4/c1-19-8-13-24-25(18-29(2)16-21-6-5-7-23(15-21)34-4)27(28(31)32)30(26(24)14-19)17-20-9-11-22(33-3)12-10-20/h5-15H,16-18H2,1-4H3,(H,31,32).